The molecule has 0 bridgehead atoms. The lowest BCUT2D eigenvalue weighted by atomic mass is 10.0. The fraction of sp³-hybridized carbons (Fsp3) is 0.312. The molecule has 8 heteroatoms. The quantitative estimate of drug-likeness (QED) is 0.805. The average Bonchev–Trinajstić information content (AvgIpc) is 2.85. The van der Waals surface area contributed by atoms with Gasteiger partial charge in [0.1, 0.15) is 11.6 Å². The van der Waals surface area contributed by atoms with Crippen LogP contribution in [0.2, 0.25) is 0 Å². The minimum Gasteiger partial charge on any atom is -0.361 e. The second kappa shape index (κ2) is 6.31. The summed E-state index contributed by atoms with van der Waals surface area (Å²) >= 11 is 0. The predicted molar refractivity (Wildman–Crippen MR) is 85.2 cm³/mol. The first-order valence-corrected chi connectivity index (χ1v) is 7.53. The number of anilines is 2. The molecule has 1 aromatic heterocycles. The molecule has 0 fully saturated rings. The maximum absolute atomic E-state index is 14.1. The van der Waals surface area contributed by atoms with E-state index in [4.69, 9.17) is 4.52 Å². The van der Waals surface area contributed by atoms with Crippen LogP contribution in [-0.2, 0) is 17.8 Å². The smallest absolute Gasteiger partial charge is 0.319 e. The van der Waals surface area contributed by atoms with E-state index in [1.165, 1.54) is 6.07 Å². The topological polar surface area (TPSA) is 96.3 Å². The van der Waals surface area contributed by atoms with Crippen LogP contribution in [0, 0.1) is 19.7 Å². The van der Waals surface area contributed by atoms with E-state index in [1.807, 2.05) is 0 Å². The number of carbonyl (C=O) groups is 2. The number of nitrogens with one attached hydrogen (secondary N) is 3. The average molecular weight is 332 g/mol. The van der Waals surface area contributed by atoms with Crippen LogP contribution >= 0.6 is 0 Å². The van der Waals surface area contributed by atoms with Gasteiger partial charge in [0.05, 0.1) is 11.4 Å². The molecule has 7 nitrogen and oxygen atoms in total. The van der Waals surface area contributed by atoms with Gasteiger partial charge in [0.15, 0.2) is 0 Å². The van der Waals surface area contributed by atoms with Gasteiger partial charge < -0.3 is 20.5 Å². The van der Waals surface area contributed by atoms with Crippen molar-refractivity contribution in [2.75, 3.05) is 10.6 Å². The summed E-state index contributed by atoms with van der Waals surface area (Å²) in [4.78, 5) is 23.3. The zero-order chi connectivity index (χ0) is 17.3. The Morgan fingerprint density at radius 2 is 2.17 bits per heavy atom. The first-order valence-electron chi connectivity index (χ1n) is 7.53. The van der Waals surface area contributed by atoms with Gasteiger partial charge in [-0.3, -0.25) is 4.79 Å². The van der Waals surface area contributed by atoms with E-state index in [1.54, 1.807) is 19.9 Å². The van der Waals surface area contributed by atoms with Crippen molar-refractivity contribution in [2.45, 2.75) is 33.2 Å². The number of halogens is 1. The predicted octanol–water partition coefficient (Wildman–Crippen LogP) is 2.64. The van der Waals surface area contributed by atoms with Crippen LogP contribution in [0.4, 0.5) is 20.6 Å². The normalized spacial score (nSPS) is 13.2. The summed E-state index contributed by atoms with van der Waals surface area (Å²) in [6.07, 6.45) is 0.854. The molecule has 0 saturated carbocycles. The third kappa shape index (κ3) is 3.22. The summed E-state index contributed by atoms with van der Waals surface area (Å²) in [6.45, 7) is 3.77. The van der Waals surface area contributed by atoms with Crippen molar-refractivity contribution in [3.63, 3.8) is 0 Å². The minimum absolute atomic E-state index is 0.0705. The number of rotatable bonds is 3. The van der Waals surface area contributed by atoms with E-state index in [-0.39, 0.29) is 18.1 Å². The maximum atomic E-state index is 14.1. The Labute approximate surface area is 137 Å². The second-order valence-electron chi connectivity index (χ2n) is 5.65. The summed E-state index contributed by atoms with van der Waals surface area (Å²) in [7, 11) is 0. The number of hydrogen-bond donors (Lipinski definition) is 3. The summed E-state index contributed by atoms with van der Waals surface area (Å²) in [6, 6.07) is 2.23. The highest BCUT2D eigenvalue weighted by atomic mass is 19.1. The summed E-state index contributed by atoms with van der Waals surface area (Å²) < 4.78 is 19.1. The van der Waals surface area contributed by atoms with Crippen molar-refractivity contribution >= 4 is 23.3 Å². The lowest BCUT2D eigenvalue weighted by Gasteiger charge is -2.18. The van der Waals surface area contributed by atoms with Crippen LogP contribution in [-0.4, -0.2) is 17.1 Å². The van der Waals surface area contributed by atoms with Gasteiger partial charge >= 0.3 is 6.03 Å². The number of carbonyl (C=O) groups excluding carboxylic acids is 2. The van der Waals surface area contributed by atoms with Crippen molar-refractivity contribution in [1.29, 1.82) is 0 Å². The van der Waals surface area contributed by atoms with Crippen LogP contribution in [0.3, 0.4) is 0 Å². The van der Waals surface area contributed by atoms with E-state index in [0.717, 1.165) is 11.1 Å². The molecule has 0 atom stereocenters. The van der Waals surface area contributed by atoms with Crippen molar-refractivity contribution < 1.29 is 18.5 Å². The van der Waals surface area contributed by atoms with Gasteiger partial charge in [0.25, 0.3) is 0 Å². The van der Waals surface area contributed by atoms with Gasteiger partial charge in [0.2, 0.25) is 5.91 Å². The van der Waals surface area contributed by atoms with E-state index in [0.29, 0.717) is 30.0 Å². The SMILES string of the molecule is Cc1noc(C)c1CNC(=O)Nc1cc2c(cc1F)NC(=O)CC2. The Morgan fingerprint density at radius 1 is 1.38 bits per heavy atom. The molecule has 0 unspecified atom stereocenters. The van der Waals surface area contributed by atoms with Crippen LogP contribution in [0.25, 0.3) is 0 Å². The monoisotopic (exact) mass is 332 g/mol. The number of nitrogens with zero attached hydrogens (tertiary/aromatic N) is 1. The number of aryl methyl sites for hydroxylation is 3. The Hall–Kier alpha value is -2.90. The molecule has 3 N–H and O–H groups in total. The number of urea groups is 1. The third-order valence-electron chi connectivity index (χ3n) is 3.94. The number of amides is 3. The molecule has 126 valence electrons. The molecule has 2 aromatic rings. The van der Waals surface area contributed by atoms with Crippen LogP contribution in [0.15, 0.2) is 16.7 Å². The Morgan fingerprint density at radius 3 is 2.88 bits per heavy atom. The number of aromatic nitrogens is 1. The molecule has 1 aliphatic heterocycles. The summed E-state index contributed by atoms with van der Waals surface area (Å²) in [5.41, 5.74) is 2.80. The zero-order valence-electron chi connectivity index (χ0n) is 13.3. The first-order chi connectivity index (χ1) is 11.4. The van der Waals surface area contributed by atoms with Gasteiger partial charge in [-0.25, -0.2) is 9.18 Å². The molecule has 3 amide bonds. The fourth-order valence-corrected chi connectivity index (χ4v) is 2.59. The minimum atomic E-state index is -0.608. The molecular formula is C16H17FN4O3. The van der Waals surface area contributed by atoms with E-state index in [9.17, 15) is 14.0 Å². The largest absolute Gasteiger partial charge is 0.361 e. The van der Waals surface area contributed by atoms with Crippen molar-refractivity contribution in [1.82, 2.24) is 10.5 Å². The van der Waals surface area contributed by atoms with E-state index >= 15 is 0 Å². The number of fused-ring (bicyclic) bond motifs is 1. The lowest BCUT2D eigenvalue weighted by molar-refractivity contribution is -0.116. The molecule has 2 heterocycles. The van der Waals surface area contributed by atoms with Gasteiger partial charge in [-0.1, -0.05) is 5.16 Å². The molecule has 0 radical (unpaired) electrons. The molecular weight excluding hydrogens is 315 g/mol. The van der Waals surface area contributed by atoms with Crippen molar-refractivity contribution in [3.8, 4) is 0 Å². The fourth-order valence-electron chi connectivity index (χ4n) is 2.59. The van der Waals surface area contributed by atoms with Crippen molar-refractivity contribution in [3.05, 3.63) is 40.5 Å². The van der Waals surface area contributed by atoms with E-state index < -0.39 is 11.8 Å². The van der Waals surface area contributed by atoms with Crippen molar-refractivity contribution in [2.24, 2.45) is 0 Å². The van der Waals surface area contributed by atoms with E-state index in [2.05, 4.69) is 21.1 Å². The van der Waals surface area contributed by atoms with Gasteiger partial charge in [0, 0.05) is 24.2 Å². The molecule has 0 spiro atoms. The first kappa shape index (κ1) is 16.0. The van der Waals surface area contributed by atoms with Crippen LogP contribution < -0.4 is 16.0 Å². The Balaban J connectivity index is 1.67. The van der Waals surface area contributed by atoms with Crippen LogP contribution in [0.1, 0.15) is 29.0 Å². The molecule has 0 aliphatic carbocycles. The zero-order valence-corrected chi connectivity index (χ0v) is 13.3. The molecule has 24 heavy (non-hydrogen) atoms. The highest BCUT2D eigenvalue weighted by molar-refractivity contribution is 5.95. The summed E-state index contributed by atoms with van der Waals surface area (Å²) in [5, 5.41) is 11.5. The molecule has 3 rings (SSSR count). The third-order valence-corrected chi connectivity index (χ3v) is 3.94. The van der Waals surface area contributed by atoms with Gasteiger partial charge in [-0.2, -0.15) is 0 Å². The highest BCUT2D eigenvalue weighted by Crippen LogP contribution is 2.28. The lowest BCUT2D eigenvalue weighted by Crippen LogP contribution is -2.29. The van der Waals surface area contributed by atoms with Gasteiger partial charge in [-0.05, 0) is 38.0 Å². The molecule has 1 aliphatic rings. The summed E-state index contributed by atoms with van der Waals surface area (Å²) in [5.74, 6) is -0.119. The highest BCUT2D eigenvalue weighted by Gasteiger charge is 2.18. The standard InChI is InChI=1S/C16H17FN4O3/c1-8-11(9(2)24-21-8)7-18-16(23)20-14-5-10-3-4-15(22)19-13(10)6-12(14)17/h5-6H,3-4,7H2,1-2H3,(H,19,22)(H2,18,20,23). The second-order valence-corrected chi connectivity index (χ2v) is 5.65. The molecule has 0 saturated heterocycles. The number of hydrogen-bond acceptors (Lipinski definition) is 4. The Kier molecular flexibility index (Phi) is 4.20. The maximum Gasteiger partial charge on any atom is 0.319 e. The van der Waals surface area contributed by atoms with Gasteiger partial charge in [-0.15, -0.1) is 0 Å². The van der Waals surface area contributed by atoms with Crippen LogP contribution in [0.5, 0.6) is 0 Å². The number of benzene rings is 1. The Bertz CT molecular complexity index is 796. The molecule has 1 aromatic carbocycles.